The molecule has 0 atom stereocenters. The van der Waals surface area contributed by atoms with Crippen LogP contribution < -0.4 is 5.46 Å². The van der Waals surface area contributed by atoms with Gasteiger partial charge in [0.1, 0.15) is 16.5 Å². The van der Waals surface area contributed by atoms with Crippen LogP contribution in [0.2, 0.25) is 0 Å². The van der Waals surface area contributed by atoms with E-state index < -0.39 is 23.6 Å². The normalized spacial score (nSPS) is 10.6. The highest BCUT2D eigenvalue weighted by atomic mass is 32.2. The van der Waals surface area contributed by atoms with Crippen LogP contribution in [0.25, 0.3) is 0 Å². The maximum Gasteiger partial charge on any atom is 0.491 e. The summed E-state index contributed by atoms with van der Waals surface area (Å²) in [6.45, 7) is 0. The minimum Gasteiger partial charge on any atom is -0.423 e. The maximum absolute atomic E-state index is 13.0. The third kappa shape index (κ3) is 2.79. The number of thiol groups is 1. The highest BCUT2D eigenvalue weighted by Crippen LogP contribution is 2.03. The minimum atomic E-state index is -2.61. The van der Waals surface area contributed by atoms with Crippen molar-refractivity contribution in [3.05, 3.63) is 29.6 Å². The summed E-state index contributed by atoms with van der Waals surface area (Å²) < 4.78 is 33.7. The molecule has 1 aromatic carbocycles. The molecule has 0 radical (unpaired) electrons. The first kappa shape index (κ1) is 11.2. The van der Waals surface area contributed by atoms with Crippen LogP contribution >= 0.6 is 0 Å². The fourth-order valence-corrected chi connectivity index (χ4v) is 1.52. The van der Waals surface area contributed by atoms with Gasteiger partial charge in [-0.25, -0.2) is 12.8 Å². The molecule has 0 bridgehead atoms. The van der Waals surface area contributed by atoms with Crippen molar-refractivity contribution >= 4 is 23.3 Å². The molecule has 0 aliphatic rings. The predicted octanol–water partition coefficient (Wildman–Crippen LogP) is -1.38. The largest absolute Gasteiger partial charge is 0.491 e. The standard InChI is InChI=1S/C7H8BFO4S/c9-7-3-5(4-14(12)13)1-2-6(7)8(10)11/h1-3,10-11,14H,4H2. The van der Waals surface area contributed by atoms with Crippen molar-refractivity contribution in [2.75, 3.05) is 0 Å². The van der Waals surface area contributed by atoms with Gasteiger partial charge < -0.3 is 10.0 Å². The molecule has 0 aromatic heterocycles. The van der Waals surface area contributed by atoms with Crippen LogP contribution in [0, 0.1) is 5.82 Å². The Morgan fingerprint density at radius 1 is 1.36 bits per heavy atom. The third-order valence-corrected chi connectivity index (χ3v) is 2.28. The molecule has 0 amide bonds. The predicted molar refractivity (Wildman–Crippen MR) is 50.2 cm³/mol. The first-order valence-electron chi connectivity index (χ1n) is 3.77. The van der Waals surface area contributed by atoms with Crippen LogP contribution in [-0.4, -0.2) is 25.6 Å². The summed E-state index contributed by atoms with van der Waals surface area (Å²) in [6.07, 6.45) is 0. The van der Waals surface area contributed by atoms with Gasteiger partial charge in [0.05, 0.1) is 5.75 Å². The van der Waals surface area contributed by atoms with E-state index in [1.54, 1.807) is 0 Å². The molecular weight excluding hydrogens is 210 g/mol. The second-order valence-corrected chi connectivity index (χ2v) is 3.70. The van der Waals surface area contributed by atoms with E-state index in [2.05, 4.69) is 0 Å². The van der Waals surface area contributed by atoms with Crippen molar-refractivity contribution in [1.29, 1.82) is 0 Å². The lowest BCUT2D eigenvalue weighted by Gasteiger charge is -2.02. The Balaban J connectivity index is 3.00. The topological polar surface area (TPSA) is 74.6 Å². The maximum atomic E-state index is 13.0. The summed E-state index contributed by atoms with van der Waals surface area (Å²) in [5, 5.41) is 17.3. The van der Waals surface area contributed by atoms with Gasteiger partial charge >= 0.3 is 7.12 Å². The Morgan fingerprint density at radius 3 is 2.43 bits per heavy atom. The van der Waals surface area contributed by atoms with Crippen molar-refractivity contribution < 1.29 is 22.9 Å². The molecule has 76 valence electrons. The smallest absolute Gasteiger partial charge is 0.423 e. The SMILES string of the molecule is O=[SH](=O)Cc1ccc(B(O)O)c(F)c1. The van der Waals surface area contributed by atoms with Crippen molar-refractivity contribution in [2.24, 2.45) is 0 Å². The molecule has 0 saturated heterocycles. The van der Waals surface area contributed by atoms with Crippen LogP contribution in [0.3, 0.4) is 0 Å². The fourth-order valence-electron chi connectivity index (χ4n) is 1.03. The lowest BCUT2D eigenvalue weighted by molar-refractivity contribution is 0.423. The highest BCUT2D eigenvalue weighted by Gasteiger charge is 2.16. The molecule has 0 spiro atoms. The minimum absolute atomic E-state index is 0.256. The summed E-state index contributed by atoms with van der Waals surface area (Å²) in [5.74, 6) is -1.08. The van der Waals surface area contributed by atoms with Crippen LogP contribution in [-0.2, 0) is 16.5 Å². The number of hydrogen-bond donors (Lipinski definition) is 3. The van der Waals surface area contributed by atoms with Crippen molar-refractivity contribution in [3.8, 4) is 0 Å². The van der Waals surface area contributed by atoms with Crippen LogP contribution in [0.5, 0.6) is 0 Å². The van der Waals surface area contributed by atoms with E-state index in [0.29, 0.717) is 0 Å². The van der Waals surface area contributed by atoms with E-state index in [0.717, 1.165) is 12.1 Å². The molecule has 2 N–H and O–H groups in total. The van der Waals surface area contributed by atoms with Gasteiger partial charge in [-0.15, -0.1) is 0 Å². The number of halogens is 1. The molecule has 0 aliphatic heterocycles. The van der Waals surface area contributed by atoms with Gasteiger partial charge in [0.25, 0.3) is 0 Å². The number of hydrogen-bond acceptors (Lipinski definition) is 4. The van der Waals surface area contributed by atoms with Gasteiger partial charge in [0.15, 0.2) is 0 Å². The van der Waals surface area contributed by atoms with Gasteiger partial charge in [-0.1, -0.05) is 12.1 Å². The molecule has 0 fully saturated rings. The van der Waals surface area contributed by atoms with Gasteiger partial charge in [0, 0.05) is 5.46 Å². The molecule has 14 heavy (non-hydrogen) atoms. The van der Waals surface area contributed by atoms with Crippen molar-refractivity contribution in [2.45, 2.75) is 5.75 Å². The molecule has 0 saturated carbocycles. The zero-order chi connectivity index (χ0) is 10.7. The monoisotopic (exact) mass is 218 g/mol. The second kappa shape index (κ2) is 4.54. The fraction of sp³-hybridized carbons (Fsp3) is 0.143. The summed E-state index contributed by atoms with van der Waals surface area (Å²) in [5.41, 5.74) is 0.0119. The molecule has 1 rings (SSSR count). The average Bonchev–Trinajstić information content (AvgIpc) is 2.01. The van der Waals surface area contributed by atoms with E-state index in [9.17, 15) is 12.8 Å². The van der Waals surface area contributed by atoms with Crippen LogP contribution in [0.4, 0.5) is 4.39 Å². The van der Waals surface area contributed by atoms with Gasteiger partial charge in [-0.05, 0) is 11.6 Å². The average molecular weight is 218 g/mol. The molecular formula is C7H8BFO4S. The summed E-state index contributed by atoms with van der Waals surface area (Å²) in [7, 11) is -4.49. The van der Waals surface area contributed by atoms with Gasteiger partial charge in [-0.3, -0.25) is 0 Å². The zero-order valence-electron chi connectivity index (χ0n) is 7.05. The Morgan fingerprint density at radius 2 is 2.00 bits per heavy atom. The summed E-state index contributed by atoms with van der Waals surface area (Å²) >= 11 is 0. The molecule has 4 nitrogen and oxygen atoms in total. The molecule has 0 unspecified atom stereocenters. The van der Waals surface area contributed by atoms with Crippen LogP contribution in [0.1, 0.15) is 5.56 Å². The van der Waals surface area contributed by atoms with Crippen LogP contribution in [0.15, 0.2) is 18.2 Å². The molecule has 1 aromatic rings. The quantitative estimate of drug-likeness (QED) is 0.431. The van der Waals surface area contributed by atoms with Crippen molar-refractivity contribution in [1.82, 2.24) is 0 Å². The molecule has 0 heterocycles. The lowest BCUT2D eigenvalue weighted by atomic mass is 9.79. The van der Waals surface area contributed by atoms with E-state index in [1.165, 1.54) is 6.07 Å². The highest BCUT2D eigenvalue weighted by molar-refractivity contribution is 7.71. The third-order valence-electron chi connectivity index (χ3n) is 1.65. The first-order chi connectivity index (χ1) is 6.50. The van der Waals surface area contributed by atoms with E-state index in [4.69, 9.17) is 10.0 Å². The molecule has 0 aliphatic carbocycles. The van der Waals surface area contributed by atoms with Crippen molar-refractivity contribution in [3.63, 3.8) is 0 Å². The zero-order valence-corrected chi connectivity index (χ0v) is 7.95. The molecule has 7 heteroatoms. The van der Waals surface area contributed by atoms with E-state index >= 15 is 0 Å². The number of rotatable bonds is 3. The van der Waals surface area contributed by atoms with E-state index in [-0.39, 0.29) is 16.8 Å². The summed E-state index contributed by atoms with van der Waals surface area (Å²) in [6, 6.07) is 3.46. The Kier molecular flexibility index (Phi) is 3.62. The number of benzene rings is 1. The Hall–Kier alpha value is -0.915. The summed E-state index contributed by atoms with van der Waals surface area (Å²) in [4.78, 5) is 0. The Labute approximate surface area is 82.1 Å². The second-order valence-electron chi connectivity index (χ2n) is 2.72. The first-order valence-corrected chi connectivity index (χ1v) is 5.13. The van der Waals surface area contributed by atoms with E-state index in [1.807, 2.05) is 0 Å². The van der Waals surface area contributed by atoms with Gasteiger partial charge in [-0.2, -0.15) is 0 Å². The lowest BCUT2D eigenvalue weighted by Crippen LogP contribution is -2.32. The Bertz CT molecular complexity index is 397. The van der Waals surface area contributed by atoms with Gasteiger partial charge in [0.2, 0.25) is 0 Å².